The molecule has 0 aliphatic carbocycles. The van der Waals surface area contributed by atoms with Crippen molar-refractivity contribution in [1.29, 1.82) is 0 Å². The van der Waals surface area contributed by atoms with E-state index in [9.17, 15) is 5.11 Å². The molecule has 68 valence electrons. The van der Waals surface area contributed by atoms with Crippen molar-refractivity contribution in [3.8, 4) is 0 Å². The molecule has 0 aromatic carbocycles. The molecule has 2 heteroatoms. The molecule has 0 radical (unpaired) electrons. The first kappa shape index (κ1) is 10.9. The molecule has 0 bridgehead atoms. The zero-order valence-electron chi connectivity index (χ0n) is 8.15. The maximum atomic E-state index is 9.85. The van der Waals surface area contributed by atoms with Gasteiger partial charge in [0.15, 0.2) is 0 Å². The van der Waals surface area contributed by atoms with Gasteiger partial charge in [0.2, 0.25) is 0 Å². The van der Waals surface area contributed by atoms with Crippen molar-refractivity contribution in [3.63, 3.8) is 0 Å². The number of hydrogen-bond acceptors (Lipinski definition) is 2. The number of hydrogen-bond donors (Lipinski definition) is 2. The van der Waals surface area contributed by atoms with E-state index in [1.54, 1.807) is 0 Å². The molecule has 0 rings (SSSR count). The molecule has 0 amide bonds. The minimum Gasteiger partial charge on any atom is -0.389 e. The summed E-state index contributed by atoms with van der Waals surface area (Å²) in [5.41, 5.74) is -0.551. The third kappa shape index (κ3) is 3.73. The van der Waals surface area contributed by atoms with Crippen molar-refractivity contribution in [2.24, 2.45) is 5.92 Å². The third-order valence-electron chi connectivity index (χ3n) is 2.32. The van der Waals surface area contributed by atoms with Gasteiger partial charge in [0, 0.05) is 6.54 Å². The van der Waals surface area contributed by atoms with Crippen LogP contribution in [0.2, 0.25) is 0 Å². The second-order valence-electron chi connectivity index (χ2n) is 3.58. The zero-order valence-corrected chi connectivity index (χ0v) is 8.15. The maximum absolute atomic E-state index is 9.85. The lowest BCUT2D eigenvalue weighted by atomic mass is 9.87. The molecule has 0 aliphatic heterocycles. The van der Waals surface area contributed by atoms with E-state index in [0.29, 0.717) is 12.5 Å². The Bertz CT molecular complexity index is 102. The van der Waals surface area contributed by atoms with E-state index in [1.807, 2.05) is 14.0 Å². The molecule has 0 heterocycles. The van der Waals surface area contributed by atoms with Crippen molar-refractivity contribution in [2.45, 2.75) is 39.2 Å². The fourth-order valence-corrected chi connectivity index (χ4v) is 1.28. The molecule has 0 saturated heterocycles. The van der Waals surface area contributed by atoms with E-state index >= 15 is 0 Å². The van der Waals surface area contributed by atoms with Crippen LogP contribution < -0.4 is 5.32 Å². The average Bonchev–Trinajstić information content (AvgIpc) is 1.88. The summed E-state index contributed by atoms with van der Waals surface area (Å²) in [6, 6.07) is 0. The van der Waals surface area contributed by atoms with Gasteiger partial charge in [-0.25, -0.2) is 0 Å². The minimum absolute atomic E-state index is 0.375. The maximum Gasteiger partial charge on any atom is 0.0768 e. The predicted molar refractivity (Wildman–Crippen MR) is 48.6 cm³/mol. The van der Waals surface area contributed by atoms with Crippen molar-refractivity contribution in [3.05, 3.63) is 0 Å². The smallest absolute Gasteiger partial charge is 0.0768 e. The van der Waals surface area contributed by atoms with Crippen LogP contribution in [-0.4, -0.2) is 24.3 Å². The van der Waals surface area contributed by atoms with Gasteiger partial charge < -0.3 is 10.4 Å². The van der Waals surface area contributed by atoms with Gasteiger partial charge in [-0.3, -0.25) is 0 Å². The van der Waals surface area contributed by atoms with Crippen LogP contribution in [0.15, 0.2) is 0 Å². The van der Waals surface area contributed by atoms with Crippen molar-refractivity contribution in [2.75, 3.05) is 13.6 Å². The summed E-state index contributed by atoms with van der Waals surface area (Å²) in [5.74, 6) is 0.375. The van der Waals surface area contributed by atoms with Crippen molar-refractivity contribution >= 4 is 0 Å². The van der Waals surface area contributed by atoms with Crippen molar-refractivity contribution < 1.29 is 5.11 Å². The lowest BCUT2D eigenvalue weighted by Crippen LogP contribution is -2.42. The fourth-order valence-electron chi connectivity index (χ4n) is 1.28. The highest BCUT2D eigenvalue weighted by Gasteiger charge is 2.26. The van der Waals surface area contributed by atoms with Crippen LogP contribution in [0, 0.1) is 5.92 Å². The molecule has 2 N–H and O–H groups in total. The third-order valence-corrected chi connectivity index (χ3v) is 2.32. The molecular weight excluding hydrogens is 138 g/mol. The van der Waals surface area contributed by atoms with Crippen LogP contribution in [0.1, 0.15) is 33.6 Å². The standard InChI is InChI=1S/C9H21NO/c1-5-6-8(2)9(3,11)7-10-4/h8,10-11H,5-7H2,1-4H3. The van der Waals surface area contributed by atoms with Gasteiger partial charge in [-0.15, -0.1) is 0 Å². The normalized spacial score (nSPS) is 19.4. The SMILES string of the molecule is CCCC(C)C(C)(O)CNC. The summed E-state index contributed by atoms with van der Waals surface area (Å²) in [6.07, 6.45) is 2.23. The molecule has 0 aliphatic rings. The van der Waals surface area contributed by atoms with Crippen LogP contribution in [0.25, 0.3) is 0 Å². The molecule has 2 unspecified atom stereocenters. The summed E-state index contributed by atoms with van der Waals surface area (Å²) >= 11 is 0. The van der Waals surface area contributed by atoms with Crippen LogP contribution in [0.3, 0.4) is 0 Å². The first-order valence-corrected chi connectivity index (χ1v) is 4.41. The van der Waals surface area contributed by atoms with E-state index in [-0.39, 0.29) is 0 Å². The highest BCUT2D eigenvalue weighted by molar-refractivity contribution is 4.80. The van der Waals surface area contributed by atoms with Crippen LogP contribution in [0.4, 0.5) is 0 Å². The second kappa shape index (κ2) is 4.73. The van der Waals surface area contributed by atoms with Gasteiger partial charge >= 0.3 is 0 Å². The molecule has 2 nitrogen and oxygen atoms in total. The largest absolute Gasteiger partial charge is 0.389 e. The number of nitrogens with one attached hydrogen (secondary N) is 1. The highest BCUT2D eigenvalue weighted by Crippen LogP contribution is 2.20. The molecular formula is C9H21NO. The van der Waals surface area contributed by atoms with E-state index in [1.165, 1.54) is 0 Å². The molecule has 0 saturated carbocycles. The van der Waals surface area contributed by atoms with Gasteiger partial charge in [-0.1, -0.05) is 20.3 Å². The van der Waals surface area contributed by atoms with Gasteiger partial charge in [-0.05, 0) is 26.3 Å². The molecule has 0 spiro atoms. The topological polar surface area (TPSA) is 32.3 Å². The quantitative estimate of drug-likeness (QED) is 0.635. The Hall–Kier alpha value is -0.0800. The minimum atomic E-state index is -0.551. The molecule has 11 heavy (non-hydrogen) atoms. The summed E-state index contributed by atoms with van der Waals surface area (Å²) in [7, 11) is 1.87. The summed E-state index contributed by atoms with van der Waals surface area (Å²) in [5, 5.41) is 12.8. The van der Waals surface area contributed by atoms with Crippen LogP contribution in [0.5, 0.6) is 0 Å². The summed E-state index contributed by atoms with van der Waals surface area (Å²) in [4.78, 5) is 0. The Balaban J connectivity index is 3.83. The Labute approximate surface area is 70.0 Å². The fraction of sp³-hybridized carbons (Fsp3) is 1.00. The number of aliphatic hydroxyl groups is 1. The molecule has 0 fully saturated rings. The Morgan fingerprint density at radius 3 is 2.45 bits per heavy atom. The average molecular weight is 159 g/mol. The molecule has 2 atom stereocenters. The number of rotatable bonds is 5. The van der Waals surface area contributed by atoms with Gasteiger partial charge in [-0.2, -0.15) is 0 Å². The first-order valence-electron chi connectivity index (χ1n) is 4.41. The van der Waals surface area contributed by atoms with Crippen molar-refractivity contribution in [1.82, 2.24) is 5.32 Å². The zero-order chi connectivity index (χ0) is 8.91. The second-order valence-corrected chi connectivity index (χ2v) is 3.58. The monoisotopic (exact) mass is 159 g/mol. The Morgan fingerprint density at radius 1 is 1.55 bits per heavy atom. The van der Waals surface area contributed by atoms with E-state index < -0.39 is 5.60 Å². The molecule has 0 aromatic rings. The van der Waals surface area contributed by atoms with Gasteiger partial charge in [0.25, 0.3) is 0 Å². The molecule has 0 aromatic heterocycles. The van der Waals surface area contributed by atoms with E-state index in [2.05, 4.69) is 19.2 Å². The van der Waals surface area contributed by atoms with Crippen LogP contribution >= 0.6 is 0 Å². The van der Waals surface area contributed by atoms with Crippen LogP contribution in [-0.2, 0) is 0 Å². The lowest BCUT2D eigenvalue weighted by molar-refractivity contribution is 0.00511. The lowest BCUT2D eigenvalue weighted by Gasteiger charge is -2.29. The summed E-state index contributed by atoms with van der Waals surface area (Å²) < 4.78 is 0. The Kier molecular flexibility index (Phi) is 4.69. The van der Waals surface area contributed by atoms with Gasteiger partial charge in [0.05, 0.1) is 5.60 Å². The van der Waals surface area contributed by atoms with Gasteiger partial charge in [0.1, 0.15) is 0 Å². The Morgan fingerprint density at radius 2 is 2.09 bits per heavy atom. The predicted octanol–water partition coefficient (Wildman–Crippen LogP) is 1.39. The van der Waals surface area contributed by atoms with E-state index in [4.69, 9.17) is 0 Å². The number of likely N-dealkylation sites (N-methyl/N-ethyl adjacent to an activating group) is 1. The van der Waals surface area contributed by atoms with E-state index in [0.717, 1.165) is 12.8 Å². The summed E-state index contributed by atoms with van der Waals surface area (Å²) in [6.45, 7) is 6.81. The first-order chi connectivity index (χ1) is 5.04. The highest BCUT2D eigenvalue weighted by atomic mass is 16.3.